The molecule has 3 nitrogen and oxygen atoms in total. The third kappa shape index (κ3) is 4.20. The van der Waals surface area contributed by atoms with Crippen molar-refractivity contribution < 1.29 is 9.84 Å². The highest BCUT2D eigenvalue weighted by Crippen LogP contribution is 2.27. The summed E-state index contributed by atoms with van der Waals surface area (Å²) in [7, 11) is 0. The van der Waals surface area contributed by atoms with Gasteiger partial charge in [0, 0.05) is 19.6 Å². The Hall–Kier alpha value is -1.68. The second-order valence-electron chi connectivity index (χ2n) is 6.42. The highest BCUT2D eigenvalue weighted by Gasteiger charge is 2.24. The van der Waals surface area contributed by atoms with Gasteiger partial charge < -0.3 is 9.84 Å². The molecular formula is C20H25NO2. The molecule has 23 heavy (non-hydrogen) atoms. The molecular weight excluding hydrogens is 286 g/mol. The first-order valence-corrected chi connectivity index (χ1v) is 8.34. The number of rotatable bonds is 5. The van der Waals surface area contributed by atoms with Crippen molar-refractivity contribution in [3.63, 3.8) is 0 Å². The van der Waals surface area contributed by atoms with Crippen LogP contribution in [0.2, 0.25) is 0 Å². The number of aliphatic hydroxyl groups is 1. The van der Waals surface area contributed by atoms with Crippen LogP contribution in [0.1, 0.15) is 18.9 Å². The van der Waals surface area contributed by atoms with Crippen LogP contribution in [0.15, 0.2) is 54.6 Å². The van der Waals surface area contributed by atoms with E-state index in [2.05, 4.69) is 29.2 Å². The average Bonchev–Trinajstić information content (AvgIpc) is 2.62. The van der Waals surface area contributed by atoms with Gasteiger partial charge in [-0.25, -0.2) is 0 Å². The molecule has 1 aliphatic heterocycles. The summed E-state index contributed by atoms with van der Waals surface area (Å²) in [6.07, 6.45) is 0.734. The smallest absolute Gasteiger partial charge is 0.0880 e. The lowest BCUT2D eigenvalue weighted by Crippen LogP contribution is -2.39. The fourth-order valence-electron chi connectivity index (χ4n) is 3.00. The molecule has 1 fully saturated rings. The molecule has 122 valence electrons. The number of ether oxygens (including phenoxy) is 1. The SMILES string of the molecule is CC(O)(CCN1CCOCC1)c1ccc(-c2ccccc2)cc1. The summed E-state index contributed by atoms with van der Waals surface area (Å²) in [5.41, 5.74) is 2.56. The Labute approximate surface area is 138 Å². The molecule has 0 aromatic heterocycles. The van der Waals surface area contributed by atoms with Crippen LogP contribution in [-0.2, 0) is 10.3 Å². The molecule has 0 amide bonds. The van der Waals surface area contributed by atoms with Gasteiger partial charge in [0.1, 0.15) is 0 Å². The van der Waals surface area contributed by atoms with E-state index < -0.39 is 5.60 Å². The summed E-state index contributed by atoms with van der Waals surface area (Å²) in [4.78, 5) is 2.36. The lowest BCUT2D eigenvalue weighted by molar-refractivity contribution is 0.00549. The van der Waals surface area contributed by atoms with Crippen molar-refractivity contribution in [2.24, 2.45) is 0 Å². The molecule has 2 aromatic rings. The quantitative estimate of drug-likeness (QED) is 0.920. The molecule has 3 rings (SSSR count). The lowest BCUT2D eigenvalue weighted by atomic mass is 9.91. The Balaban J connectivity index is 1.65. The van der Waals surface area contributed by atoms with E-state index in [4.69, 9.17) is 4.74 Å². The summed E-state index contributed by atoms with van der Waals surface area (Å²) in [6, 6.07) is 18.6. The van der Waals surface area contributed by atoms with Crippen molar-refractivity contribution in [3.05, 3.63) is 60.2 Å². The Morgan fingerprint density at radius 2 is 1.57 bits per heavy atom. The van der Waals surface area contributed by atoms with E-state index in [1.165, 1.54) is 11.1 Å². The minimum atomic E-state index is -0.798. The van der Waals surface area contributed by atoms with E-state index in [0.717, 1.165) is 44.8 Å². The Kier molecular flexibility index (Phi) is 5.11. The first-order valence-electron chi connectivity index (χ1n) is 8.34. The Morgan fingerprint density at radius 1 is 0.957 bits per heavy atom. The third-order valence-electron chi connectivity index (χ3n) is 4.63. The molecule has 0 radical (unpaired) electrons. The Morgan fingerprint density at radius 3 is 2.22 bits per heavy atom. The maximum absolute atomic E-state index is 10.8. The molecule has 1 N–H and O–H groups in total. The van der Waals surface area contributed by atoms with Crippen LogP contribution < -0.4 is 0 Å². The highest BCUT2D eigenvalue weighted by molar-refractivity contribution is 5.63. The normalized spacial score (nSPS) is 18.5. The average molecular weight is 311 g/mol. The zero-order chi connectivity index (χ0) is 16.1. The summed E-state index contributed by atoms with van der Waals surface area (Å²) in [5, 5.41) is 10.8. The van der Waals surface area contributed by atoms with E-state index in [-0.39, 0.29) is 0 Å². The largest absolute Gasteiger partial charge is 0.385 e. The van der Waals surface area contributed by atoms with Crippen molar-refractivity contribution in [2.45, 2.75) is 18.9 Å². The van der Waals surface area contributed by atoms with Crippen molar-refractivity contribution in [2.75, 3.05) is 32.8 Å². The number of hydrogen-bond acceptors (Lipinski definition) is 3. The molecule has 2 aromatic carbocycles. The van der Waals surface area contributed by atoms with Crippen LogP contribution in [0.5, 0.6) is 0 Å². The van der Waals surface area contributed by atoms with E-state index in [1.807, 2.05) is 37.3 Å². The third-order valence-corrected chi connectivity index (χ3v) is 4.63. The van der Waals surface area contributed by atoms with Crippen molar-refractivity contribution in [1.82, 2.24) is 4.90 Å². The van der Waals surface area contributed by atoms with Gasteiger partial charge in [0.25, 0.3) is 0 Å². The van der Waals surface area contributed by atoms with Gasteiger partial charge in [-0.15, -0.1) is 0 Å². The van der Waals surface area contributed by atoms with Crippen LogP contribution in [0.3, 0.4) is 0 Å². The second kappa shape index (κ2) is 7.26. The van der Waals surface area contributed by atoms with Gasteiger partial charge in [0.15, 0.2) is 0 Å². The van der Waals surface area contributed by atoms with E-state index in [1.54, 1.807) is 0 Å². The number of benzene rings is 2. The van der Waals surface area contributed by atoms with Crippen LogP contribution in [0, 0.1) is 0 Å². The molecule has 1 atom stereocenters. The first-order chi connectivity index (χ1) is 11.1. The molecule has 1 saturated heterocycles. The van der Waals surface area contributed by atoms with E-state index >= 15 is 0 Å². The molecule has 0 spiro atoms. The summed E-state index contributed by atoms with van der Waals surface area (Å²) >= 11 is 0. The van der Waals surface area contributed by atoms with Crippen molar-refractivity contribution in [3.8, 4) is 11.1 Å². The van der Waals surface area contributed by atoms with Gasteiger partial charge in [0.05, 0.1) is 18.8 Å². The molecule has 1 heterocycles. The minimum absolute atomic E-state index is 0.734. The summed E-state index contributed by atoms with van der Waals surface area (Å²) < 4.78 is 5.37. The van der Waals surface area contributed by atoms with Crippen LogP contribution >= 0.6 is 0 Å². The molecule has 1 unspecified atom stereocenters. The summed E-state index contributed by atoms with van der Waals surface area (Å²) in [6.45, 7) is 6.33. The molecule has 0 saturated carbocycles. The fourth-order valence-corrected chi connectivity index (χ4v) is 3.00. The summed E-state index contributed by atoms with van der Waals surface area (Å²) in [5.74, 6) is 0. The Bertz CT molecular complexity index is 601. The van der Waals surface area contributed by atoms with Gasteiger partial charge >= 0.3 is 0 Å². The van der Waals surface area contributed by atoms with Crippen LogP contribution in [0.4, 0.5) is 0 Å². The molecule has 1 aliphatic rings. The highest BCUT2D eigenvalue weighted by atomic mass is 16.5. The van der Waals surface area contributed by atoms with Gasteiger partial charge in [-0.3, -0.25) is 4.90 Å². The maximum Gasteiger partial charge on any atom is 0.0880 e. The van der Waals surface area contributed by atoms with E-state index in [9.17, 15) is 5.11 Å². The predicted octanol–water partition coefficient (Wildman–Crippen LogP) is 3.28. The number of nitrogens with zero attached hydrogens (tertiary/aromatic N) is 1. The van der Waals surface area contributed by atoms with Gasteiger partial charge in [-0.05, 0) is 30.0 Å². The lowest BCUT2D eigenvalue weighted by Gasteiger charge is -2.31. The standard InChI is InChI=1S/C20H25NO2/c1-20(22,11-12-21-13-15-23-16-14-21)19-9-7-18(8-10-19)17-5-3-2-4-6-17/h2-10,22H,11-16H2,1H3. The van der Waals surface area contributed by atoms with Crippen molar-refractivity contribution >= 4 is 0 Å². The zero-order valence-electron chi connectivity index (χ0n) is 13.7. The van der Waals surface area contributed by atoms with Gasteiger partial charge in [-0.2, -0.15) is 0 Å². The molecule has 0 aliphatic carbocycles. The predicted molar refractivity (Wildman–Crippen MR) is 93.3 cm³/mol. The van der Waals surface area contributed by atoms with Gasteiger partial charge in [0.2, 0.25) is 0 Å². The van der Waals surface area contributed by atoms with Crippen LogP contribution in [0.25, 0.3) is 11.1 Å². The number of hydrogen-bond donors (Lipinski definition) is 1. The second-order valence-corrected chi connectivity index (χ2v) is 6.42. The van der Waals surface area contributed by atoms with Crippen LogP contribution in [-0.4, -0.2) is 42.9 Å². The van der Waals surface area contributed by atoms with Crippen molar-refractivity contribution in [1.29, 1.82) is 0 Å². The monoisotopic (exact) mass is 311 g/mol. The minimum Gasteiger partial charge on any atom is -0.385 e. The van der Waals surface area contributed by atoms with E-state index in [0.29, 0.717) is 0 Å². The zero-order valence-corrected chi connectivity index (χ0v) is 13.7. The fraction of sp³-hybridized carbons (Fsp3) is 0.400. The van der Waals surface area contributed by atoms with Gasteiger partial charge in [-0.1, -0.05) is 54.6 Å². The topological polar surface area (TPSA) is 32.7 Å². The maximum atomic E-state index is 10.8. The molecule has 3 heteroatoms. The number of morpholine rings is 1. The first kappa shape index (κ1) is 16.2. The molecule has 0 bridgehead atoms.